The van der Waals surface area contributed by atoms with Crippen LogP contribution in [0.1, 0.15) is 11.1 Å². The Morgan fingerprint density at radius 2 is 2.12 bits per heavy atom. The molecule has 4 heteroatoms. The van der Waals surface area contributed by atoms with Gasteiger partial charge in [-0.1, -0.05) is 12.1 Å². The highest BCUT2D eigenvalue weighted by Crippen LogP contribution is 2.20. The van der Waals surface area contributed by atoms with Crippen LogP contribution in [0.15, 0.2) is 18.2 Å². The zero-order valence-electron chi connectivity index (χ0n) is 9.73. The van der Waals surface area contributed by atoms with Gasteiger partial charge in [0.25, 0.3) is 0 Å². The fourth-order valence-electron chi connectivity index (χ4n) is 1.66. The number of aliphatic carboxylic acids is 1. The smallest absolute Gasteiger partial charge is 0.323 e. The number of nitrogens with zero attached hydrogens (tertiary/aromatic N) is 1. The van der Waals surface area contributed by atoms with Gasteiger partial charge in [-0.05, 0) is 31.0 Å². The zero-order chi connectivity index (χ0) is 12.1. The van der Waals surface area contributed by atoms with Gasteiger partial charge in [-0.2, -0.15) is 0 Å². The molecule has 0 atom stereocenters. The van der Waals surface area contributed by atoms with Crippen molar-refractivity contribution in [3.05, 3.63) is 29.3 Å². The lowest BCUT2D eigenvalue weighted by Crippen LogP contribution is -2.34. The number of aryl methyl sites for hydroxylation is 2. The maximum absolute atomic E-state index is 10.8. The van der Waals surface area contributed by atoms with Crippen LogP contribution in [0.5, 0.6) is 0 Å². The maximum atomic E-state index is 10.8. The molecule has 0 aromatic heterocycles. The van der Waals surface area contributed by atoms with E-state index in [-0.39, 0.29) is 6.54 Å². The minimum absolute atomic E-state index is 0.0124. The molecule has 0 heterocycles. The van der Waals surface area contributed by atoms with Gasteiger partial charge in [-0.25, -0.2) is 0 Å². The lowest BCUT2D eigenvalue weighted by atomic mass is 10.1. The number of nitrogens with two attached hydrogens (primary N) is 1. The monoisotopic (exact) mass is 222 g/mol. The van der Waals surface area contributed by atoms with Crippen LogP contribution in [0.3, 0.4) is 0 Å². The van der Waals surface area contributed by atoms with E-state index in [1.807, 2.05) is 32.0 Å². The number of hydrogen-bond donors (Lipinski definition) is 2. The summed E-state index contributed by atoms with van der Waals surface area (Å²) in [6, 6.07) is 6.00. The molecule has 1 aromatic carbocycles. The van der Waals surface area contributed by atoms with E-state index >= 15 is 0 Å². The molecule has 0 saturated carbocycles. The van der Waals surface area contributed by atoms with Crippen LogP contribution < -0.4 is 10.6 Å². The lowest BCUT2D eigenvalue weighted by Gasteiger charge is -2.24. The van der Waals surface area contributed by atoms with Gasteiger partial charge in [0.1, 0.15) is 6.54 Å². The van der Waals surface area contributed by atoms with Crippen molar-refractivity contribution in [2.75, 3.05) is 24.5 Å². The van der Waals surface area contributed by atoms with E-state index in [1.54, 1.807) is 4.90 Å². The Morgan fingerprint density at radius 1 is 1.44 bits per heavy atom. The average Bonchev–Trinajstić information content (AvgIpc) is 2.20. The second-order valence-electron chi connectivity index (χ2n) is 3.89. The van der Waals surface area contributed by atoms with E-state index < -0.39 is 5.97 Å². The van der Waals surface area contributed by atoms with Crippen LogP contribution in [0, 0.1) is 13.8 Å². The molecule has 0 aliphatic heterocycles. The Hall–Kier alpha value is -1.55. The van der Waals surface area contributed by atoms with Crippen LogP contribution in [0.25, 0.3) is 0 Å². The van der Waals surface area contributed by atoms with E-state index in [0.29, 0.717) is 13.1 Å². The largest absolute Gasteiger partial charge is 0.480 e. The Morgan fingerprint density at radius 3 is 2.69 bits per heavy atom. The van der Waals surface area contributed by atoms with Crippen LogP contribution in [0.2, 0.25) is 0 Å². The Bertz CT molecular complexity index is 377. The lowest BCUT2D eigenvalue weighted by molar-refractivity contribution is -0.135. The van der Waals surface area contributed by atoms with Gasteiger partial charge in [0.15, 0.2) is 0 Å². The maximum Gasteiger partial charge on any atom is 0.323 e. The molecule has 0 aliphatic carbocycles. The standard InChI is InChI=1S/C12H18N2O2/c1-9-3-4-10(2)11(7-9)14(6-5-13)8-12(15)16/h3-4,7H,5-6,8,13H2,1-2H3,(H,15,16). The molecule has 0 spiro atoms. The number of hydrogen-bond acceptors (Lipinski definition) is 3. The number of carboxylic acids is 1. The van der Waals surface area contributed by atoms with Crippen molar-refractivity contribution >= 4 is 11.7 Å². The van der Waals surface area contributed by atoms with Gasteiger partial charge in [-0.15, -0.1) is 0 Å². The van der Waals surface area contributed by atoms with E-state index in [0.717, 1.165) is 16.8 Å². The first kappa shape index (κ1) is 12.5. The van der Waals surface area contributed by atoms with Gasteiger partial charge in [0, 0.05) is 18.8 Å². The number of carboxylic acid groups (broad SMARTS) is 1. The Labute approximate surface area is 95.7 Å². The summed E-state index contributed by atoms with van der Waals surface area (Å²) in [4.78, 5) is 12.6. The van der Waals surface area contributed by atoms with Crippen LogP contribution in [-0.4, -0.2) is 30.7 Å². The van der Waals surface area contributed by atoms with Crippen LogP contribution in [0.4, 0.5) is 5.69 Å². The normalized spacial score (nSPS) is 10.2. The van der Waals surface area contributed by atoms with Crippen molar-refractivity contribution in [3.8, 4) is 0 Å². The summed E-state index contributed by atoms with van der Waals surface area (Å²) in [6.45, 7) is 4.95. The van der Waals surface area contributed by atoms with Crippen LogP contribution >= 0.6 is 0 Å². The third-order valence-corrected chi connectivity index (χ3v) is 2.43. The third kappa shape index (κ3) is 3.24. The summed E-state index contributed by atoms with van der Waals surface area (Å²) < 4.78 is 0. The third-order valence-electron chi connectivity index (χ3n) is 2.43. The summed E-state index contributed by atoms with van der Waals surface area (Å²) in [5.74, 6) is -0.839. The second-order valence-corrected chi connectivity index (χ2v) is 3.89. The van der Waals surface area contributed by atoms with Crippen molar-refractivity contribution in [1.82, 2.24) is 0 Å². The molecular formula is C12H18N2O2. The van der Waals surface area contributed by atoms with Crippen molar-refractivity contribution in [2.24, 2.45) is 5.73 Å². The molecule has 0 fully saturated rings. The quantitative estimate of drug-likeness (QED) is 0.784. The number of rotatable bonds is 5. The van der Waals surface area contributed by atoms with Gasteiger partial charge in [0.05, 0.1) is 0 Å². The van der Waals surface area contributed by atoms with Gasteiger partial charge in [-0.3, -0.25) is 4.79 Å². The van der Waals surface area contributed by atoms with E-state index in [9.17, 15) is 4.79 Å². The molecule has 1 rings (SSSR count). The van der Waals surface area contributed by atoms with Crippen LogP contribution in [-0.2, 0) is 4.79 Å². The molecule has 0 radical (unpaired) electrons. The minimum atomic E-state index is -0.839. The molecular weight excluding hydrogens is 204 g/mol. The molecule has 16 heavy (non-hydrogen) atoms. The first-order chi connectivity index (χ1) is 7.54. The van der Waals surface area contributed by atoms with E-state index in [1.165, 1.54) is 0 Å². The zero-order valence-corrected chi connectivity index (χ0v) is 9.73. The van der Waals surface area contributed by atoms with Crippen molar-refractivity contribution in [3.63, 3.8) is 0 Å². The first-order valence-electron chi connectivity index (χ1n) is 5.28. The number of carbonyl (C=O) groups is 1. The average molecular weight is 222 g/mol. The molecule has 4 nitrogen and oxygen atoms in total. The summed E-state index contributed by atoms with van der Waals surface area (Å²) >= 11 is 0. The van der Waals surface area contributed by atoms with E-state index in [4.69, 9.17) is 10.8 Å². The summed E-state index contributed by atoms with van der Waals surface area (Å²) in [5, 5.41) is 8.85. The highest BCUT2D eigenvalue weighted by Gasteiger charge is 2.12. The summed E-state index contributed by atoms with van der Waals surface area (Å²) in [5.41, 5.74) is 8.64. The Balaban J connectivity index is 2.99. The summed E-state index contributed by atoms with van der Waals surface area (Å²) in [7, 11) is 0. The molecule has 3 N–H and O–H groups in total. The first-order valence-corrected chi connectivity index (χ1v) is 5.28. The van der Waals surface area contributed by atoms with Gasteiger partial charge >= 0.3 is 5.97 Å². The predicted octanol–water partition coefficient (Wildman–Crippen LogP) is 1.15. The van der Waals surface area contributed by atoms with Gasteiger partial charge in [0.2, 0.25) is 0 Å². The molecule has 0 saturated heterocycles. The number of benzene rings is 1. The molecule has 0 amide bonds. The second kappa shape index (κ2) is 5.51. The number of anilines is 1. The minimum Gasteiger partial charge on any atom is -0.480 e. The SMILES string of the molecule is Cc1ccc(C)c(N(CCN)CC(=O)O)c1. The molecule has 0 bridgehead atoms. The Kier molecular flexibility index (Phi) is 4.31. The molecule has 88 valence electrons. The highest BCUT2D eigenvalue weighted by atomic mass is 16.4. The molecule has 1 aromatic rings. The van der Waals surface area contributed by atoms with Crippen molar-refractivity contribution in [1.29, 1.82) is 0 Å². The topological polar surface area (TPSA) is 66.6 Å². The van der Waals surface area contributed by atoms with E-state index in [2.05, 4.69) is 0 Å². The predicted molar refractivity (Wildman–Crippen MR) is 64.8 cm³/mol. The van der Waals surface area contributed by atoms with Gasteiger partial charge < -0.3 is 15.7 Å². The fourth-order valence-corrected chi connectivity index (χ4v) is 1.66. The van der Waals surface area contributed by atoms with Crippen molar-refractivity contribution in [2.45, 2.75) is 13.8 Å². The molecule has 0 unspecified atom stereocenters. The summed E-state index contributed by atoms with van der Waals surface area (Å²) in [6.07, 6.45) is 0. The molecule has 0 aliphatic rings. The highest BCUT2D eigenvalue weighted by molar-refractivity contribution is 5.74. The van der Waals surface area contributed by atoms with Crippen molar-refractivity contribution < 1.29 is 9.90 Å². The fraction of sp³-hybridized carbons (Fsp3) is 0.417.